The van der Waals surface area contributed by atoms with Crippen LogP contribution in [0.2, 0.25) is 15.1 Å². The van der Waals surface area contributed by atoms with Gasteiger partial charge in [0.05, 0.1) is 33.5 Å². The van der Waals surface area contributed by atoms with Crippen molar-refractivity contribution in [3.63, 3.8) is 0 Å². The molecule has 0 fully saturated rings. The summed E-state index contributed by atoms with van der Waals surface area (Å²) in [6, 6.07) is 1.36. The molecule has 0 radical (unpaired) electrons. The van der Waals surface area contributed by atoms with E-state index in [4.69, 9.17) is 44.3 Å². The van der Waals surface area contributed by atoms with Gasteiger partial charge < -0.3 is 14.8 Å². The molecule has 0 amide bonds. The molecule has 0 heterocycles. The van der Waals surface area contributed by atoms with Crippen molar-refractivity contribution in [2.24, 2.45) is 0 Å². The third-order valence-electron chi connectivity index (χ3n) is 2.95. The highest BCUT2D eigenvalue weighted by Gasteiger charge is 2.23. The Kier molecular flexibility index (Phi) is 8.40. The number of ether oxygens (including phenoxy) is 2. The Morgan fingerprint density at radius 3 is 2.31 bits per heavy atom. The van der Waals surface area contributed by atoms with Gasteiger partial charge in [-0.25, -0.2) is 9.59 Å². The number of Topliss-reactive ketones (excluding diaryl/α,β-unsaturated/α-hetero) is 1. The van der Waals surface area contributed by atoms with Crippen molar-refractivity contribution < 1.29 is 23.9 Å². The molecule has 9 heteroatoms. The molecule has 0 aliphatic carbocycles. The van der Waals surface area contributed by atoms with Gasteiger partial charge in [-0.15, -0.1) is 0 Å². The van der Waals surface area contributed by atoms with E-state index in [9.17, 15) is 14.4 Å². The summed E-state index contributed by atoms with van der Waals surface area (Å²) in [5.74, 6) is -2.04. The number of hydrogen-bond donors (Lipinski definition) is 1. The van der Waals surface area contributed by atoms with Crippen molar-refractivity contribution in [1.29, 1.82) is 0 Å². The van der Waals surface area contributed by atoms with Gasteiger partial charge in [0.2, 0.25) is 0 Å². The van der Waals surface area contributed by atoms with E-state index in [1.165, 1.54) is 13.0 Å². The SMILES string of the molecule is CCOC(=O)C(=CNc1cc(Cl)c(Cl)c(C(=O)OC(C)C)c1Cl)C(C)=O. The third kappa shape index (κ3) is 5.62. The summed E-state index contributed by atoms with van der Waals surface area (Å²) >= 11 is 18.3. The molecule has 0 atom stereocenters. The van der Waals surface area contributed by atoms with E-state index in [-0.39, 0.29) is 38.5 Å². The Morgan fingerprint density at radius 1 is 1.19 bits per heavy atom. The van der Waals surface area contributed by atoms with Gasteiger partial charge in [-0.3, -0.25) is 4.79 Å². The van der Waals surface area contributed by atoms with Crippen LogP contribution in [0.5, 0.6) is 0 Å². The smallest absolute Gasteiger partial charge is 0.343 e. The number of rotatable bonds is 7. The van der Waals surface area contributed by atoms with E-state index in [1.54, 1.807) is 20.8 Å². The largest absolute Gasteiger partial charge is 0.462 e. The molecule has 0 saturated heterocycles. The van der Waals surface area contributed by atoms with E-state index in [2.05, 4.69) is 5.32 Å². The number of esters is 2. The summed E-state index contributed by atoms with van der Waals surface area (Å²) in [6.07, 6.45) is 0.738. The van der Waals surface area contributed by atoms with Crippen LogP contribution in [0.15, 0.2) is 17.8 Å². The van der Waals surface area contributed by atoms with Crippen LogP contribution in [0.3, 0.4) is 0 Å². The fourth-order valence-electron chi connectivity index (χ4n) is 1.82. The molecule has 0 saturated carbocycles. The minimum Gasteiger partial charge on any atom is -0.462 e. The van der Waals surface area contributed by atoms with Gasteiger partial charge >= 0.3 is 11.9 Å². The lowest BCUT2D eigenvalue weighted by molar-refractivity contribution is -0.139. The predicted octanol–water partition coefficient (Wildman–Crippen LogP) is 4.66. The first kappa shape index (κ1) is 22.3. The van der Waals surface area contributed by atoms with E-state index >= 15 is 0 Å². The monoisotopic (exact) mass is 421 g/mol. The van der Waals surface area contributed by atoms with Gasteiger partial charge in [-0.1, -0.05) is 34.8 Å². The van der Waals surface area contributed by atoms with Crippen LogP contribution in [0.4, 0.5) is 5.69 Å². The zero-order valence-corrected chi connectivity index (χ0v) is 16.9. The predicted molar refractivity (Wildman–Crippen MR) is 101 cm³/mol. The Morgan fingerprint density at radius 2 is 1.81 bits per heavy atom. The Bertz CT molecular complexity index is 759. The molecular weight excluding hydrogens is 405 g/mol. The van der Waals surface area contributed by atoms with E-state index in [0.29, 0.717) is 0 Å². The normalized spacial score (nSPS) is 11.3. The number of benzene rings is 1. The van der Waals surface area contributed by atoms with Gasteiger partial charge in [0.25, 0.3) is 0 Å². The second-order valence-corrected chi connectivity index (χ2v) is 6.51. The van der Waals surface area contributed by atoms with E-state index < -0.39 is 23.8 Å². The number of carbonyl (C=O) groups is 3. The Labute approximate surface area is 166 Å². The molecule has 142 valence electrons. The molecular formula is C17H18Cl3NO5. The molecule has 26 heavy (non-hydrogen) atoms. The lowest BCUT2D eigenvalue weighted by atomic mass is 10.1. The molecule has 0 spiro atoms. The summed E-state index contributed by atoms with van der Waals surface area (Å²) in [6.45, 7) is 6.29. The topological polar surface area (TPSA) is 81.7 Å². The highest BCUT2D eigenvalue weighted by Crippen LogP contribution is 2.38. The Balaban J connectivity index is 3.31. The lowest BCUT2D eigenvalue weighted by Crippen LogP contribution is -2.15. The van der Waals surface area contributed by atoms with Crippen molar-refractivity contribution in [3.05, 3.63) is 38.5 Å². The summed E-state index contributed by atoms with van der Waals surface area (Å²) < 4.78 is 9.91. The number of anilines is 1. The number of ketones is 1. The number of carbonyl (C=O) groups excluding carboxylic acids is 3. The van der Waals surface area contributed by atoms with Crippen molar-refractivity contribution in [2.75, 3.05) is 11.9 Å². The van der Waals surface area contributed by atoms with Crippen LogP contribution in [0.1, 0.15) is 38.1 Å². The van der Waals surface area contributed by atoms with Crippen molar-refractivity contribution in [3.8, 4) is 0 Å². The summed E-state index contributed by atoms with van der Waals surface area (Å²) in [5, 5.41) is 2.61. The van der Waals surface area contributed by atoms with Crippen LogP contribution in [-0.2, 0) is 19.1 Å². The van der Waals surface area contributed by atoms with Gasteiger partial charge in [0.15, 0.2) is 5.78 Å². The molecule has 1 aromatic carbocycles. The fraction of sp³-hybridized carbons (Fsp3) is 0.353. The van der Waals surface area contributed by atoms with Crippen LogP contribution in [0.25, 0.3) is 0 Å². The molecule has 0 aliphatic rings. The molecule has 0 unspecified atom stereocenters. The second-order valence-electron chi connectivity index (χ2n) is 5.34. The van der Waals surface area contributed by atoms with Crippen molar-refractivity contribution in [2.45, 2.75) is 33.8 Å². The van der Waals surface area contributed by atoms with Crippen LogP contribution < -0.4 is 5.32 Å². The van der Waals surface area contributed by atoms with E-state index in [1.807, 2.05) is 0 Å². The summed E-state index contributed by atoms with van der Waals surface area (Å²) in [5.41, 5.74) is -0.175. The zero-order valence-electron chi connectivity index (χ0n) is 14.6. The lowest BCUT2D eigenvalue weighted by Gasteiger charge is -2.14. The van der Waals surface area contributed by atoms with Crippen LogP contribution in [0, 0.1) is 0 Å². The molecule has 1 N–H and O–H groups in total. The number of nitrogens with one attached hydrogen (secondary N) is 1. The minimum absolute atomic E-state index is 0.0446. The molecule has 0 aromatic heterocycles. The minimum atomic E-state index is -0.789. The molecule has 1 aromatic rings. The molecule has 0 bridgehead atoms. The third-order valence-corrected chi connectivity index (χ3v) is 4.13. The average molecular weight is 423 g/mol. The fourth-order valence-corrected chi connectivity index (χ4v) is 2.58. The highest BCUT2D eigenvalue weighted by atomic mass is 35.5. The maximum atomic E-state index is 12.2. The first-order valence-corrected chi connectivity index (χ1v) is 8.76. The average Bonchev–Trinajstić information content (AvgIpc) is 2.51. The van der Waals surface area contributed by atoms with Gasteiger partial charge in [0, 0.05) is 6.20 Å². The van der Waals surface area contributed by atoms with Crippen LogP contribution in [-0.4, -0.2) is 30.4 Å². The first-order chi connectivity index (χ1) is 12.1. The molecule has 0 aliphatic heterocycles. The number of halogens is 3. The van der Waals surface area contributed by atoms with Gasteiger partial charge in [0.1, 0.15) is 11.1 Å². The summed E-state index contributed by atoms with van der Waals surface area (Å²) in [7, 11) is 0. The highest BCUT2D eigenvalue weighted by molar-refractivity contribution is 6.47. The molecule has 6 nitrogen and oxygen atoms in total. The van der Waals surface area contributed by atoms with Gasteiger partial charge in [-0.2, -0.15) is 0 Å². The standard InChI is InChI=1S/C17H18Cl3NO5/c1-5-25-16(23)10(9(4)22)7-21-12-6-11(18)14(19)13(15(12)20)17(24)26-8(2)3/h6-8,21H,5H2,1-4H3. The number of hydrogen-bond acceptors (Lipinski definition) is 6. The van der Waals surface area contributed by atoms with Gasteiger partial charge in [-0.05, 0) is 33.8 Å². The quantitative estimate of drug-likeness (QED) is 0.226. The zero-order chi connectivity index (χ0) is 20.0. The second kappa shape index (κ2) is 9.80. The maximum Gasteiger partial charge on any atom is 0.343 e. The first-order valence-electron chi connectivity index (χ1n) is 7.63. The maximum absolute atomic E-state index is 12.2. The van der Waals surface area contributed by atoms with E-state index in [0.717, 1.165) is 6.20 Å². The Hall–Kier alpha value is -1.76. The molecule has 1 rings (SSSR count). The summed E-state index contributed by atoms with van der Waals surface area (Å²) in [4.78, 5) is 35.6. The van der Waals surface area contributed by atoms with Crippen LogP contribution >= 0.6 is 34.8 Å². The van der Waals surface area contributed by atoms with Crippen molar-refractivity contribution in [1.82, 2.24) is 0 Å². The van der Waals surface area contributed by atoms with Crippen molar-refractivity contribution >= 4 is 58.2 Å².